The molecule has 23 heavy (non-hydrogen) atoms. The van der Waals surface area contributed by atoms with E-state index in [1.54, 1.807) is 38.1 Å². The van der Waals surface area contributed by atoms with Gasteiger partial charge in [-0.15, -0.1) is 0 Å². The molecule has 0 unspecified atom stereocenters. The van der Waals surface area contributed by atoms with Gasteiger partial charge in [-0.25, -0.2) is 4.79 Å². The topological polar surface area (TPSA) is 75.6 Å². The highest BCUT2D eigenvalue weighted by Crippen LogP contribution is 2.24. The third kappa shape index (κ3) is 4.32. The van der Waals surface area contributed by atoms with Crippen LogP contribution in [-0.2, 0) is 21.6 Å². The Morgan fingerprint density at radius 3 is 2.22 bits per heavy atom. The van der Waals surface area contributed by atoms with Crippen LogP contribution in [0.3, 0.4) is 0 Å². The number of nitrogens with one attached hydrogen (secondary N) is 1. The second-order valence-electron chi connectivity index (χ2n) is 5.69. The van der Waals surface area contributed by atoms with E-state index >= 15 is 0 Å². The lowest BCUT2D eigenvalue weighted by atomic mass is 9.85. The van der Waals surface area contributed by atoms with E-state index in [1.807, 2.05) is 30.3 Å². The summed E-state index contributed by atoms with van der Waals surface area (Å²) >= 11 is 0. The Labute approximate surface area is 134 Å². The van der Waals surface area contributed by atoms with Crippen LogP contribution in [0.5, 0.6) is 0 Å². The van der Waals surface area contributed by atoms with Gasteiger partial charge < -0.3 is 9.84 Å². The number of hydrogen-bond acceptors (Lipinski definition) is 3. The van der Waals surface area contributed by atoms with Crippen LogP contribution >= 0.6 is 0 Å². The van der Waals surface area contributed by atoms with Gasteiger partial charge in [0, 0.05) is 5.69 Å². The molecule has 0 aliphatic heterocycles. The number of carbonyl (C=O) groups is 2. The third-order valence-electron chi connectivity index (χ3n) is 3.60. The van der Waals surface area contributed by atoms with Gasteiger partial charge in [-0.3, -0.25) is 10.1 Å². The van der Waals surface area contributed by atoms with Gasteiger partial charge in [0.2, 0.25) is 0 Å². The highest BCUT2D eigenvalue weighted by atomic mass is 16.5. The molecule has 0 heterocycles. The fraction of sp³-hybridized carbons (Fsp3) is 0.222. The summed E-state index contributed by atoms with van der Waals surface area (Å²) in [5.41, 5.74) is 1.13. The Bertz CT molecular complexity index is 678. The lowest BCUT2D eigenvalue weighted by molar-refractivity contribution is -0.142. The summed E-state index contributed by atoms with van der Waals surface area (Å²) in [6, 6.07) is 16.1. The molecule has 5 heteroatoms. The smallest absolute Gasteiger partial charge is 0.411 e. The zero-order valence-corrected chi connectivity index (χ0v) is 13.1. The number of anilines is 1. The first-order chi connectivity index (χ1) is 10.9. The molecule has 2 aromatic rings. The Kier molecular flexibility index (Phi) is 5.01. The number of aliphatic carboxylic acids is 1. The summed E-state index contributed by atoms with van der Waals surface area (Å²) in [7, 11) is 0. The minimum Gasteiger partial charge on any atom is -0.481 e. The minimum absolute atomic E-state index is 0.191. The molecule has 0 bridgehead atoms. The van der Waals surface area contributed by atoms with Crippen LogP contribution in [0.15, 0.2) is 54.6 Å². The molecule has 2 N–H and O–H groups in total. The second-order valence-corrected chi connectivity index (χ2v) is 5.69. The molecule has 0 aromatic heterocycles. The van der Waals surface area contributed by atoms with E-state index in [1.165, 1.54) is 0 Å². The van der Waals surface area contributed by atoms with Crippen molar-refractivity contribution in [3.8, 4) is 0 Å². The summed E-state index contributed by atoms with van der Waals surface area (Å²) in [6.07, 6.45) is -0.556. The molecule has 0 saturated heterocycles. The molecule has 0 fully saturated rings. The molecule has 0 spiro atoms. The maximum absolute atomic E-state index is 11.7. The number of amides is 1. The molecule has 2 rings (SSSR count). The molecular weight excluding hydrogens is 294 g/mol. The fourth-order valence-corrected chi connectivity index (χ4v) is 1.97. The number of hydrogen-bond donors (Lipinski definition) is 2. The number of carbonyl (C=O) groups excluding carboxylic acids is 1. The largest absolute Gasteiger partial charge is 0.481 e. The normalized spacial score (nSPS) is 10.9. The summed E-state index contributed by atoms with van der Waals surface area (Å²) < 4.78 is 5.12. The van der Waals surface area contributed by atoms with Crippen molar-refractivity contribution in [1.29, 1.82) is 0 Å². The van der Waals surface area contributed by atoms with Gasteiger partial charge in [0.05, 0.1) is 5.41 Å². The highest BCUT2D eigenvalue weighted by molar-refractivity contribution is 5.85. The SMILES string of the molecule is CC(C)(C(=O)O)c1ccc(NC(=O)OCc2ccccc2)cc1. The van der Waals surface area contributed by atoms with Crippen molar-refractivity contribution in [3.05, 3.63) is 65.7 Å². The maximum Gasteiger partial charge on any atom is 0.411 e. The van der Waals surface area contributed by atoms with Gasteiger partial charge in [0.25, 0.3) is 0 Å². The molecule has 2 aromatic carbocycles. The van der Waals surface area contributed by atoms with E-state index in [0.717, 1.165) is 5.56 Å². The average molecular weight is 313 g/mol. The summed E-state index contributed by atoms with van der Waals surface area (Å²) in [5, 5.41) is 11.8. The van der Waals surface area contributed by atoms with Crippen molar-refractivity contribution in [2.24, 2.45) is 0 Å². The number of carboxylic acids is 1. The van der Waals surface area contributed by atoms with Crippen molar-refractivity contribution < 1.29 is 19.4 Å². The third-order valence-corrected chi connectivity index (χ3v) is 3.60. The van der Waals surface area contributed by atoms with Crippen molar-refractivity contribution in [1.82, 2.24) is 0 Å². The predicted molar refractivity (Wildman–Crippen MR) is 87.4 cm³/mol. The Hall–Kier alpha value is -2.82. The average Bonchev–Trinajstić information content (AvgIpc) is 2.54. The van der Waals surface area contributed by atoms with Crippen molar-refractivity contribution in [2.45, 2.75) is 25.9 Å². The van der Waals surface area contributed by atoms with Crippen molar-refractivity contribution >= 4 is 17.7 Å². The van der Waals surface area contributed by atoms with Crippen molar-refractivity contribution in [2.75, 3.05) is 5.32 Å². The Morgan fingerprint density at radius 2 is 1.65 bits per heavy atom. The van der Waals surface area contributed by atoms with Gasteiger partial charge in [-0.05, 0) is 37.1 Å². The molecule has 0 radical (unpaired) electrons. The summed E-state index contributed by atoms with van der Waals surface area (Å²) in [4.78, 5) is 23.0. The van der Waals surface area contributed by atoms with E-state index in [4.69, 9.17) is 4.74 Å². The minimum atomic E-state index is -0.980. The van der Waals surface area contributed by atoms with Crippen molar-refractivity contribution in [3.63, 3.8) is 0 Å². The number of benzene rings is 2. The first-order valence-electron chi connectivity index (χ1n) is 7.21. The molecule has 120 valence electrons. The van der Waals surface area contributed by atoms with Gasteiger partial charge in [0.15, 0.2) is 0 Å². The summed E-state index contributed by atoms with van der Waals surface area (Å²) in [5.74, 6) is -0.902. The van der Waals surface area contributed by atoms with Crippen LogP contribution in [0.1, 0.15) is 25.0 Å². The molecule has 1 amide bonds. The summed E-state index contributed by atoms with van der Waals surface area (Å²) in [6.45, 7) is 3.45. The number of ether oxygens (including phenoxy) is 1. The van der Waals surface area contributed by atoms with Gasteiger partial charge in [-0.2, -0.15) is 0 Å². The van der Waals surface area contributed by atoms with E-state index in [-0.39, 0.29) is 6.61 Å². The lowest BCUT2D eigenvalue weighted by Gasteiger charge is -2.19. The standard InChI is InChI=1S/C18H19NO4/c1-18(2,16(20)21)14-8-10-15(11-9-14)19-17(22)23-12-13-6-4-3-5-7-13/h3-11H,12H2,1-2H3,(H,19,22)(H,20,21). The maximum atomic E-state index is 11.7. The predicted octanol–water partition coefficient (Wildman–Crippen LogP) is 3.80. The van der Waals surface area contributed by atoms with Crippen LogP contribution in [0.2, 0.25) is 0 Å². The number of rotatable bonds is 5. The van der Waals surface area contributed by atoms with Gasteiger partial charge >= 0.3 is 12.1 Å². The fourth-order valence-electron chi connectivity index (χ4n) is 1.97. The van der Waals surface area contributed by atoms with Crippen LogP contribution in [0.4, 0.5) is 10.5 Å². The molecule has 0 atom stereocenters. The molecule has 0 aliphatic rings. The lowest BCUT2D eigenvalue weighted by Crippen LogP contribution is -2.28. The number of carboxylic acid groups (broad SMARTS) is 1. The molecule has 0 aliphatic carbocycles. The quantitative estimate of drug-likeness (QED) is 0.880. The first kappa shape index (κ1) is 16.5. The molecule has 5 nitrogen and oxygen atoms in total. The second kappa shape index (κ2) is 6.96. The molecular formula is C18H19NO4. The van der Waals surface area contributed by atoms with Crippen LogP contribution in [0, 0.1) is 0 Å². The van der Waals surface area contributed by atoms with E-state index in [2.05, 4.69) is 5.32 Å². The van der Waals surface area contributed by atoms with Crippen LogP contribution < -0.4 is 5.32 Å². The van der Waals surface area contributed by atoms with E-state index in [0.29, 0.717) is 11.3 Å². The van der Waals surface area contributed by atoms with Crippen LogP contribution in [-0.4, -0.2) is 17.2 Å². The van der Waals surface area contributed by atoms with Gasteiger partial charge in [-0.1, -0.05) is 42.5 Å². The van der Waals surface area contributed by atoms with E-state index < -0.39 is 17.5 Å². The van der Waals surface area contributed by atoms with Crippen LogP contribution in [0.25, 0.3) is 0 Å². The monoisotopic (exact) mass is 313 g/mol. The Morgan fingerprint density at radius 1 is 1.04 bits per heavy atom. The first-order valence-corrected chi connectivity index (χ1v) is 7.21. The highest BCUT2D eigenvalue weighted by Gasteiger charge is 2.29. The Balaban J connectivity index is 1.93. The zero-order valence-electron chi connectivity index (χ0n) is 13.1. The molecule has 0 saturated carbocycles. The zero-order chi connectivity index (χ0) is 16.9. The van der Waals surface area contributed by atoms with E-state index in [9.17, 15) is 14.7 Å². The van der Waals surface area contributed by atoms with Gasteiger partial charge in [0.1, 0.15) is 6.61 Å².